The van der Waals surface area contributed by atoms with Crippen LogP contribution in [0.3, 0.4) is 0 Å². The summed E-state index contributed by atoms with van der Waals surface area (Å²) in [7, 11) is 0. The van der Waals surface area contributed by atoms with Crippen molar-refractivity contribution in [2.24, 2.45) is 0 Å². The normalized spacial score (nSPS) is 10.1. The van der Waals surface area contributed by atoms with Crippen molar-refractivity contribution in [3.05, 3.63) is 53.9 Å². The van der Waals surface area contributed by atoms with Crippen LogP contribution in [-0.2, 0) is 18.0 Å². The second-order valence-electron chi connectivity index (χ2n) is 4.27. The molecular weight excluding hydrogens is 256 g/mol. The Morgan fingerprint density at radius 2 is 2.05 bits per heavy atom. The van der Waals surface area contributed by atoms with Gasteiger partial charge in [-0.2, -0.15) is 0 Å². The highest BCUT2D eigenvalue weighted by Gasteiger charge is 2.03. The van der Waals surface area contributed by atoms with E-state index in [2.05, 4.69) is 10.3 Å². The lowest BCUT2D eigenvalue weighted by Crippen LogP contribution is -2.05. The van der Waals surface area contributed by atoms with Gasteiger partial charge in [0, 0.05) is 18.8 Å². The molecule has 5 nitrogen and oxygen atoms in total. The van der Waals surface area contributed by atoms with E-state index in [-0.39, 0.29) is 12.5 Å². The van der Waals surface area contributed by atoms with Gasteiger partial charge in [0.15, 0.2) is 0 Å². The fraction of sp³-hybridized carbons (Fsp3) is 0.200. The number of benzene rings is 1. The number of nitrogens with zero attached hydrogens (tertiary/aromatic N) is 1. The minimum Gasteiger partial charge on any atom is -0.487 e. The molecule has 1 heterocycles. The van der Waals surface area contributed by atoms with Crippen molar-refractivity contribution < 1.29 is 14.6 Å². The summed E-state index contributed by atoms with van der Waals surface area (Å²) in [5.74, 6) is 0.470. The Morgan fingerprint density at radius 3 is 2.70 bits per heavy atom. The standard InChI is InChI=1S/C15H16N2O3/c1-11(19)17-13-6-4-12(5-7-13)10-20-15-3-2-8-16-14(15)9-18/h2-8,18H,9-10H2,1H3,(H,17,19). The van der Waals surface area contributed by atoms with Gasteiger partial charge in [0.05, 0.1) is 6.61 Å². The second kappa shape index (κ2) is 6.68. The fourth-order valence-corrected chi connectivity index (χ4v) is 1.72. The molecule has 104 valence electrons. The van der Waals surface area contributed by atoms with Gasteiger partial charge in [-0.25, -0.2) is 0 Å². The number of hydrogen-bond acceptors (Lipinski definition) is 4. The average Bonchev–Trinajstić information content (AvgIpc) is 2.46. The number of anilines is 1. The highest BCUT2D eigenvalue weighted by molar-refractivity contribution is 5.88. The largest absolute Gasteiger partial charge is 0.487 e. The number of aliphatic hydroxyl groups is 1. The van der Waals surface area contributed by atoms with Gasteiger partial charge in [0.25, 0.3) is 0 Å². The van der Waals surface area contributed by atoms with E-state index in [4.69, 9.17) is 9.84 Å². The summed E-state index contributed by atoms with van der Waals surface area (Å²) in [5.41, 5.74) is 2.23. The van der Waals surface area contributed by atoms with Gasteiger partial charge in [0.1, 0.15) is 18.1 Å². The van der Waals surface area contributed by atoms with Gasteiger partial charge in [-0.3, -0.25) is 9.78 Å². The molecule has 0 saturated heterocycles. The number of rotatable bonds is 5. The van der Waals surface area contributed by atoms with Crippen LogP contribution in [-0.4, -0.2) is 16.0 Å². The van der Waals surface area contributed by atoms with E-state index in [0.717, 1.165) is 11.3 Å². The molecule has 2 rings (SSSR count). The third-order valence-corrected chi connectivity index (χ3v) is 2.67. The SMILES string of the molecule is CC(=O)Nc1ccc(COc2cccnc2CO)cc1. The Kier molecular flexibility index (Phi) is 4.68. The van der Waals surface area contributed by atoms with Crippen LogP contribution in [0, 0.1) is 0 Å². The third-order valence-electron chi connectivity index (χ3n) is 2.67. The lowest BCUT2D eigenvalue weighted by atomic mass is 10.2. The molecule has 1 aromatic carbocycles. The zero-order valence-corrected chi connectivity index (χ0v) is 11.2. The van der Waals surface area contributed by atoms with E-state index in [1.54, 1.807) is 18.3 Å². The van der Waals surface area contributed by atoms with E-state index in [0.29, 0.717) is 18.1 Å². The van der Waals surface area contributed by atoms with Gasteiger partial charge in [-0.1, -0.05) is 12.1 Å². The first-order valence-electron chi connectivity index (χ1n) is 6.23. The first-order chi connectivity index (χ1) is 9.69. The van der Waals surface area contributed by atoms with Gasteiger partial charge >= 0.3 is 0 Å². The molecule has 1 amide bonds. The third kappa shape index (κ3) is 3.80. The molecule has 0 atom stereocenters. The van der Waals surface area contributed by atoms with Crippen LogP contribution >= 0.6 is 0 Å². The van der Waals surface area contributed by atoms with Gasteiger partial charge in [-0.05, 0) is 29.8 Å². The van der Waals surface area contributed by atoms with Crippen LogP contribution in [0.4, 0.5) is 5.69 Å². The van der Waals surface area contributed by atoms with Crippen LogP contribution in [0.25, 0.3) is 0 Å². The molecular formula is C15H16N2O3. The van der Waals surface area contributed by atoms with Gasteiger partial charge < -0.3 is 15.2 Å². The molecule has 5 heteroatoms. The molecule has 0 aliphatic heterocycles. The maximum atomic E-state index is 10.9. The number of aliphatic hydroxyl groups excluding tert-OH is 1. The summed E-state index contributed by atoms with van der Waals surface area (Å²) >= 11 is 0. The Morgan fingerprint density at radius 1 is 1.30 bits per heavy atom. The molecule has 20 heavy (non-hydrogen) atoms. The molecule has 0 radical (unpaired) electrons. The number of ether oxygens (including phenoxy) is 1. The van der Waals surface area contributed by atoms with E-state index >= 15 is 0 Å². The minimum atomic E-state index is -0.155. The molecule has 2 aromatic rings. The summed E-state index contributed by atoms with van der Waals surface area (Å²) in [6.07, 6.45) is 1.61. The summed E-state index contributed by atoms with van der Waals surface area (Å²) in [6.45, 7) is 1.69. The molecule has 0 aliphatic rings. The monoisotopic (exact) mass is 272 g/mol. The highest BCUT2D eigenvalue weighted by Crippen LogP contribution is 2.17. The number of carbonyl (C=O) groups excluding carboxylic acids is 1. The lowest BCUT2D eigenvalue weighted by molar-refractivity contribution is -0.114. The fourth-order valence-electron chi connectivity index (χ4n) is 1.72. The number of aromatic nitrogens is 1. The van der Waals surface area contributed by atoms with Crippen molar-refractivity contribution in [1.82, 2.24) is 4.98 Å². The molecule has 0 aliphatic carbocycles. The molecule has 1 aromatic heterocycles. The molecule has 0 bridgehead atoms. The zero-order valence-electron chi connectivity index (χ0n) is 11.2. The predicted molar refractivity (Wildman–Crippen MR) is 75.2 cm³/mol. The number of nitrogens with one attached hydrogen (secondary N) is 1. The van der Waals surface area contributed by atoms with E-state index in [1.165, 1.54) is 6.92 Å². The number of amides is 1. The van der Waals surface area contributed by atoms with Crippen molar-refractivity contribution in [1.29, 1.82) is 0 Å². The summed E-state index contributed by atoms with van der Waals surface area (Å²) in [5, 5.41) is 11.9. The van der Waals surface area contributed by atoms with Gasteiger partial charge in [0.2, 0.25) is 5.91 Å². The molecule has 2 N–H and O–H groups in total. The summed E-state index contributed by atoms with van der Waals surface area (Å²) in [6, 6.07) is 10.9. The van der Waals surface area contributed by atoms with Crippen molar-refractivity contribution in [2.45, 2.75) is 20.1 Å². The van der Waals surface area contributed by atoms with Crippen molar-refractivity contribution >= 4 is 11.6 Å². The number of pyridine rings is 1. The van der Waals surface area contributed by atoms with E-state index in [9.17, 15) is 4.79 Å². The number of hydrogen-bond donors (Lipinski definition) is 2. The highest BCUT2D eigenvalue weighted by atomic mass is 16.5. The Hall–Kier alpha value is -2.40. The van der Waals surface area contributed by atoms with Crippen molar-refractivity contribution in [3.8, 4) is 5.75 Å². The minimum absolute atomic E-state index is 0.100. The Bertz CT molecular complexity index is 582. The molecule has 0 spiro atoms. The molecule has 0 fully saturated rings. The van der Waals surface area contributed by atoms with Gasteiger partial charge in [-0.15, -0.1) is 0 Å². The number of carbonyl (C=O) groups is 1. The van der Waals surface area contributed by atoms with E-state index < -0.39 is 0 Å². The quantitative estimate of drug-likeness (QED) is 0.874. The zero-order chi connectivity index (χ0) is 14.4. The Balaban J connectivity index is 1.98. The van der Waals surface area contributed by atoms with Crippen LogP contribution in [0.2, 0.25) is 0 Å². The Labute approximate surface area is 117 Å². The first-order valence-corrected chi connectivity index (χ1v) is 6.23. The first kappa shape index (κ1) is 14.0. The van der Waals surface area contributed by atoms with E-state index in [1.807, 2.05) is 24.3 Å². The maximum absolute atomic E-state index is 10.9. The average molecular weight is 272 g/mol. The molecule has 0 saturated carbocycles. The van der Waals surface area contributed by atoms with Crippen LogP contribution in [0.1, 0.15) is 18.2 Å². The van der Waals surface area contributed by atoms with Crippen molar-refractivity contribution in [3.63, 3.8) is 0 Å². The summed E-state index contributed by atoms with van der Waals surface area (Å²) < 4.78 is 5.63. The summed E-state index contributed by atoms with van der Waals surface area (Å²) in [4.78, 5) is 14.9. The molecule has 0 unspecified atom stereocenters. The predicted octanol–water partition coefficient (Wildman–Crippen LogP) is 2.11. The second-order valence-corrected chi connectivity index (χ2v) is 4.27. The van der Waals surface area contributed by atoms with Crippen molar-refractivity contribution in [2.75, 3.05) is 5.32 Å². The maximum Gasteiger partial charge on any atom is 0.221 e. The van der Waals surface area contributed by atoms with Crippen LogP contribution in [0.5, 0.6) is 5.75 Å². The lowest BCUT2D eigenvalue weighted by Gasteiger charge is -2.09. The topological polar surface area (TPSA) is 71.5 Å². The smallest absolute Gasteiger partial charge is 0.221 e. The van der Waals surface area contributed by atoms with Crippen LogP contribution < -0.4 is 10.1 Å². The van der Waals surface area contributed by atoms with Crippen LogP contribution in [0.15, 0.2) is 42.6 Å².